The van der Waals surface area contributed by atoms with Crippen molar-refractivity contribution in [3.8, 4) is 5.75 Å². The Morgan fingerprint density at radius 2 is 2.40 bits per heavy atom. The summed E-state index contributed by atoms with van der Waals surface area (Å²) in [7, 11) is 0. The average Bonchev–Trinajstić information content (AvgIpc) is 2.60. The molecule has 2 aromatic rings. The van der Waals surface area contributed by atoms with Crippen molar-refractivity contribution >= 4 is 27.5 Å². The number of aromatic hydroxyl groups is 1. The number of nitrogens with zero attached hydrogens (tertiary/aromatic N) is 1. The molecule has 0 fully saturated rings. The third-order valence-corrected chi connectivity index (χ3v) is 2.84. The van der Waals surface area contributed by atoms with E-state index in [-0.39, 0.29) is 5.75 Å². The van der Waals surface area contributed by atoms with Crippen LogP contribution < -0.4 is 0 Å². The van der Waals surface area contributed by atoms with Gasteiger partial charge in [0.15, 0.2) is 0 Å². The van der Waals surface area contributed by atoms with Crippen LogP contribution in [0.15, 0.2) is 18.2 Å². The summed E-state index contributed by atoms with van der Waals surface area (Å²) in [5.74, 6) is -0.276. The Kier molecular flexibility index (Phi) is 2.55. The molecular weight excluding hydrogens is 214 g/mol. The Hall–Kier alpha value is -1.62. The zero-order valence-corrected chi connectivity index (χ0v) is 8.87. The Morgan fingerprint density at radius 1 is 1.60 bits per heavy atom. The van der Waals surface area contributed by atoms with Crippen LogP contribution in [-0.2, 0) is 4.74 Å². The lowest BCUT2D eigenvalue weighted by Gasteiger charge is -1.94. The minimum absolute atomic E-state index is 0.142. The van der Waals surface area contributed by atoms with Crippen LogP contribution in [0.5, 0.6) is 5.75 Å². The summed E-state index contributed by atoms with van der Waals surface area (Å²) in [6, 6.07) is 4.81. The fourth-order valence-electron chi connectivity index (χ4n) is 1.20. The zero-order valence-electron chi connectivity index (χ0n) is 8.06. The van der Waals surface area contributed by atoms with Gasteiger partial charge in [-0.2, -0.15) is 0 Å². The largest absolute Gasteiger partial charge is 0.508 e. The molecule has 0 bridgehead atoms. The molecule has 0 unspecified atom stereocenters. The van der Waals surface area contributed by atoms with Crippen LogP contribution in [0.2, 0.25) is 0 Å². The van der Waals surface area contributed by atoms with E-state index >= 15 is 0 Å². The number of benzene rings is 1. The van der Waals surface area contributed by atoms with Crippen LogP contribution in [-0.4, -0.2) is 22.7 Å². The van der Waals surface area contributed by atoms with Crippen molar-refractivity contribution in [2.24, 2.45) is 0 Å². The van der Waals surface area contributed by atoms with Crippen LogP contribution in [0.25, 0.3) is 10.2 Å². The number of phenolic OH excluding ortho intramolecular Hbond substituents is 1. The molecule has 1 N–H and O–H groups in total. The molecular formula is C10H9NO3S. The van der Waals surface area contributed by atoms with E-state index in [0.717, 1.165) is 4.70 Å². The van der Waals surface area contributed by atoms with E-state index in [0.29, 0.717) is 17.1 Å². The van der Waals surface area contributed by atoms with Gasteiger partial charge in [0.05, 0.1) is 16.8 Å². The van der Waals surface area contributed by atoms with E-state index in [1.54, 1.807) is 19.1 Å². The molecule has 0 aliphatic carbocycles. The fraction of sp³-hybridized carbons (Fsp3) is 0.200. The van der Waals surface area contributed by atoms with E-state index in [1.807, 2.05) is 0 Å². The van der Waals surface area contributed by atoms with Gasteiger partial charge >= 0.3 is 5.97 Å². The maximum atomic E-state index is 11.4. The molecule has 0 atom stereocenters. The lowest BCUT2D eigenvalue weighted by Crippen LogP contribution is -2.03. The lowest BCUT2D eigenvalue weighted by atomic mass is 10.3. The van der Waals surface area contributed by atoms with Crippen LogP contribution in [0.4, 0.5) is 0 Å². The first kappa shape index (κ1) is 9.92. The van der Waals surface area contributed by atoms with Crippen molar-refractivity contribution in [2.75, 3.05) is 6.61 Å². The molecule has 0 aliphatic heterocycles. The van der Waals surface area contributed by atoms with Gasteiger partial charge in [-0.05, 0) is 19.1 Å². The number of hydrogen-bond donors (Lipinski definition) is 1. The maximum Gasteiger partial charge on any atom is 0.367 e. The number of phenols is 1. The van der Waals surface area contributed by atoms with Gasteiger partial charge in [0.2, 0.25) is 5.01 Å². The Bertz CT molecular complexity index is 506. The van der Waals surface area contributed by atoms with Gasteiger partial charge < -0.3 is 9.84 Å². The summed E-state index contributed by atoms with van der Waals surface area (Å²) in [4.78, 5) is 15.4. The second-order valence-corrected chi connectivity index (χ2v) is 3.92. The summed E-state index contributed by atoms with van der Waals surface area (Å²) < 4.78 is 5.69. The molecule has 4 nitrogen and oxygen atoms in total. The molecule has 0 saturated carbocycles. The monoisotopic (exact) mass is 223 g/mol. The second kappa shape index (κ2) is 3.86. The van der Waals surface area contributed by atoms with Crippen molar-refractivity contribution in [3.05, 3.63) is 23.2 Å². The van der Waals surface area contributed by atoms with Crippen molar-refractivity contribution in [1.29, 1.82) is 0 Å². The number of aromatic nitrogens is 1. The summed E-state index contributed by atoms with van der Waals surface area (Å²) >= 11 is 1.26. The molecule has 15 heavy (non-hydrogen) atoms. The molecule has 0 amide bonds. The van der Waals surface area contributed by atoms with Crippen molar-refractivity contribution in [2.45, 2.75) is 6.92 Å². The van der Waals surface area contributed by atoms with Crippen molar-refractivity contribution < 1.29 is 14.6 Å². The highest BCUT2D eigenvalue weighted by molar-refractivity contribution is 7.20. The van der Waals surface area contributed by atoms with Gasteiger partial charge in [-0.3, -0.25) is 0 Å². The van der Waals surface area contributed by atoms with E-state index in [1.165, 1.54) is 17.4 Å². The van der Waals surface area contributed by atoms with Crippen LogP contribution >= 0.6 is 11.3 Å². The number of fused-ring (bicyclic) bond motifs is 1. The molecule has 0 saturated heterocycles. The van der Waals surface area contributed by atoms with E-state index in [2.05, 4.69) is 4.98 Å². The molecule has 1 heterocycles. The first-order valence-electron chi connectivity index (χ1n) is 4.47. The fourth-order valence-corrected chi connectivity index (χ4v) is 2.04. The first-order chi connectivity index (χ1) is 7.20. The number of carbonyl (C=O) groups is 1. The average molecular weight is 223 g/mol. The summed E-state index contributed by atoms with van der Waals surface area (Å²) in [5.41, 5.74) is 0.614. The zero-order chi connectivity index (χ0) is 10.8. The standard InChI is InChI=1S/C10H9NO3S/c1-2-14-10(13)9-11-7-5-6(12)3-4-8(7)15-9/h3-5,12H,2H2,1H3. The number of hydrogen-bond acceptors (Lipinski definition) is 5. The van der Waals surface area contributed by atoms with Gasteiger partial charge in [0.25, 0.3) is 0 Å². The van der Waals surface area contributed by atoms with Gasteiger partial charge in [-0.1, -0.05) is 0 Å². The van der Waals surface area contributed by atoms with Gasteiger partial charge in [0, 0.05) is 6.07 Å². The molecule has 0 spiro atoms. The van der Waals surface area contributed by atoms with Crippen LogP contribution in [0.1, 0.15) is 16.7 Å². The molecule has 0 aliphatic rings. The summed E-state index contributed by atoms with van der Waals surface area (Å²) in [6.07, 6.45) is 0. The Balaban J connectivity index is 2.42. The smallest absolute Gasteiger partial charge is 0.367 e. The van der Waals surface area contributed by atoms with Gasteiger partial charge in [-0.15, -0.1) is 11.3 Å². The predicted molar refractivity (Wildman–Crippen MR) is 57.2 cm³/mol. The number of rotatable bonds is 2. The highest BCUT2D eigenvalue weighted by Gasteiger charge is 2.12. The molecule has 2 rings (SSSR count). The molecule has 78 valence electrons. The third-order valence-electron chi connectivity index (χ3n) is 1.82. The van der Waals surface area contributed by atoms with Crippen LogP contribution in [0.3, 0.4) is 0 Å². The number of esters is 1. The van der Waals surface area contributed by atoms with Crippen LogP contribution in [0, 0.1) is 0 Å². The van der Waals surface area contributed by atoms with E-state index in [4.69, 9.17) is 4.74 Å². The Morgan fingerprint density at radius 3 is 3.13 bits per heavy atom. The molecule has 1 aromatic heterocycles. The highest BCUT2D eigenvalue weighted by Crippen LogP contribution is 2.25. The lowest BCUT2D eigenvalue weighted by molar-refractivity contribution is 0.0526. The third kappa shape index (κ3) is 1.92. The van der Waals surface area contributed by atoms with E-state index in [9.17, 15) is 9.90 Å². The van der Waals surface area contributed by atoms with Crippen molar-refractivity contribution in [1.82, 2.24) is 4.98 Å². The molecule has 5 heteroatoms. The predicted octanol–water partition coefficient (Wildman–Crippen LogP) is 2.18. The molecule has 0 radical (unpaired) electrons. The highest BCUT2D eigenvalue weighted by atomic mass is 32.1. The minimum Gasteiger partial charge on any atom is -0.508 e. The van der Waals surface area contributed by atoms with Gasteiger partial charge in [0.1, 0.15) is 5.75 Å². The quantitative estimate of drug-likeness (QED) is 0.793. The summed E-state index contributed by atoms with van der Waals surface area (Å²) in [5, 5.41) is 9.55. The summed E-state index contributed by atoms with van der Waals surface area (Å²) in [6.45, 7) is 2.08. The first-order valence-corrected chi connectivity index (χ1v) is 5.29. The normalized spacial score (nSPS) is 10.5. The number of carbonyl (C=O) groups excluding carboxylic acids is 1. The maximum absolute atomic E-state index is 11.4. The van der Waals surface area contributed by atoms with Gasteiger partial charge in [-0.25, -0.2) is 9.78 Å². The minimum atomic E-state index is -0.418. The molecule has 1 aromatic carbocycles. The Labute approximate surface area is 90.1 Å². The van der Waals surface area contributed by atoms with Crippen molar-refractivity contribution in [3.63, 3.8) is 0 Å². The van der Waals surface area contributed by atoms with E-state index < -0.39 is 5.97 Å². The number of thiazole rings is 1. The topological polar surface area (TPSA) is 59.4 Å². The SMILES string of the molecule is CCOC(=O)c1nc2cc(O)ccc2s1. The number of ether oxygens (including phenoxy) is 1. The second-order valence-electron chi connectivity index (χ2n) is 2.89.